The maximum absolute atomic E-state index is 13.1. The molecule has 1 N–H and O–H groups in total. The molecule has 0 bridgehead atoms. The highest BCUT2D eigenvalue weighted by molar-refractivity contribution is 7.17. The van der Waals surface area contributed by atoms with Crippen molar-refractivity contribution in [3.63, 3.8) is 0 Å². The molecule has 0 spiro atoms. The molecule has 1 aromatic carbocycles. The minimum atomic E-state index is -0.558. The van der Waals surface area contributed by atoms with Crippen LogP contribution in [0.5, 0.6) is 17.2 Å². The van der Waals surface area contributed by atoms with Gasteiger partial charge < -0.3 is 33.9 Å². The van der Waals surface area contributed by atoms with E-state index in [9.17, 15) is 14.4 Å². The number of amides is 2. The first kappa shape index (κ1) is 24.2. The molecule has 2 amide bonds. The van der Waals surface area contributed by atoms with Crippen LogP contribution in [0.25, 0.3) is 0 Å². The number of benzene rings is 1. The van der Waals surface area contributed by atoms with Crippen molar-refractivity contribution >= 4 is 34.3 Å². The summed E-state index contributed by atoms with van der Waals surface area (Å²) in [7, 11) is 5.66. The van der Waals surface area contributed by atoms with E-state index in [-0.39, 0.29) is 18.7 Å². The molecule has 3 rings (SSSR count). The molecule has 0 radical (unpaired) electrons. The Bertz CT molecular complexity index is 1040. The highest BCUT2D eigenvalue weighted by Crippen LogP contribution is 2.40. The van der Waals surface area contributed by atoms with E-state index in [0.29, 0.717) is 40.8 Å². The van der Waals surface area contributed by atoms with Gasteiger partial charge in [0.25, 0.3) is 5.91 Å². The summed E-state index contributed by atoms with van der Waals surface area (Å²) in [6.45, 7) is 2.69. The molecule has 10 nitrogen and oxygen atoms in total. The lowest BCUT2D eigenvalue weighted by Gasteiger charge is -2.26. The van der Waals surface area contributed by atoms with Gasteiger partial charge in [0.2, 0.25) is 5.75 Å². The number of ether oxygens (including phenoxy) is 5. The van der Waals surface area contributed by atoms with E-state index in [2.05, 4.69) is 5.32 Å². The lowest BCUT2D eigenvalue weighted by Crippen LogP contribution is -2.36. The van der Waals surface area contributed by atoms with Crippen LogP contribution in [0, 0.1) is 0 Å². The van der Waals surface area contributed by atoms with Gasteiger partial charge >= 0.3 is 12.1 Å². The zero-order valence-corrected chi connectivity index (χ0v) is 19.9. The number of nitrogens with one attached hydrogen (secondary N) is 1. The van der Waals surface area contributed by atoms with Crippen molar-refractivity contribution in [3.8, 4) is 17.2 Å². The Hall–Kier alpha value is -3.47. The van der Waals surface area contributed by atoms with Crippen LogP contribution >= 0.6 is 11.3 Å². The monoisotopic (exact) mass is 478 g/mol. The maximum Gasteiger partial charge on any atom is 0.410 e. The second-order valence-electron chi connectivity index (χ2n) is 6.94. The van der Waals surface area contributed by atoms with Gasteiger partial charge in [0.05, 0.1) is 47.2 Å². The zero-order chi connectivity index (χ0) is 24.1. The molecule has 33 heavy (non-hydrogen) atoms. The summed E-state index contributed by atoms with van der Waals surface area (Å²) in [6, 6.07) is 3.04. The van der Waals surface area contributed by atoms with E-state index in [1.54, 1.807) is 11.8 Å². The summed E-state index contributed by atoms with van der Waals surface area (Å²) in [6.07, 6.45) is 0.0222. The van der Waals surface area contributed by atoms with E-state index in [4.69, 9.17) is 23.7 Å². The molecule has 0 unspecified atom stereocenters. The van der Waals surface area contributed by atoms with Crippen LogP contribution in [0.3, 0.4) is 0 Å². The van der Waals surface area contributed by atoms with Crippen LogP contribution in [0.15, 0.2) is 12.1 Å². The van der Waals surface area contributed by atoms with E-state index in [1.807, 2.05) is 0 Å². The van der Waals surface area contributed by atoms with Gasteiger partial charge in [-0.05, 0) is 31.0 Å². The van der Waals surface area contributed by atoms with Gasteiger partial charge in [0.15, 0.2) is 11.5 Å². The Morgan fingerprint density at radius 3 is 2.27 bits per heavy atom. The lowest BCUT2D eigenvalue weighted by atomic mass is 10.0. The average molecular weight is 479 g/mol. The summed E-state index contributed by atoms with van der Waals surface area (Å²) < 4.78 is 26.0. The molecule has 11 heteroatoms. The summed E-state index contributed by atoms with van der Waals surface area (Å²) >= 11 is 1.23. The topological polar surface area (TPSA) is 113 Å². The average Bonchev–Trinajstić information content (AvgIpc) is 3.19. The summed E-state index contributed by atoms with van der Waals surface area (Å²) in [5.41, 5.74) is 1.30. The van der Waals surface area contributed by atoms with Crippen molar-refractivity contribution in [3.05, 3.63) is 33.7 Å². The fraction of sp³-hybridized carbons (Fsp3) is 0.409. The molecule has 0 saturated carbocycles. The number of thiophene rings is 1. The van der Waals surface area contributed by atoms with Crippen molar-refractivity contribution in [1.82, 2.24) is 4.90 Å². The Morgan fingerprint density at radius 2 is 1.73 bits per heavy atom. The SMILES string of the molecule is CCOC(=O)N1CCc2c(sc(NC(=O)c3cc(OC)c(OC)c(OC)c3)c2C(=O)OC)C1. The lowest BCUT2D eigenvalue weighted by molar-refractivity contribution is 0.0600. The van der Waals surface area contributed by atoms with Crippen molar-refractivity contribution in [2.75, 3.05) is 46.9 Å². The van der Waals surface area contributed by atoms with Crippen LogP contribution in [0.4, 0.5) is 9.80 Å². The Labute approximate surface area is 195 Å². The van der Waals surface area contributed by atoms with Crippen molar-refractivity contribution < 1.29 is 38.1 Å². The second kappa shape index (κ2) is 10.4. The third-order valence-corrected chi connectivity index (χ3v) is 6.26. The maximum atomic E-state index is 13.1. The summed E-state index contributed by atoms with van der Waals surface area (Å²) in [4.78, 5) is 40.1. The molecule has 1 aliphatic rings. The molecule has 0 saturated heterocycles. The molecule has 2 heterocycles. The van der Waals surface area contributed by atoms with Gasteiger partial charge in [-0.1, -0.05) is 0 Å². The predicted molar refractivity (Wildman–Crippen MR) is 121 cm³/mol. The van der Waals surface area contributed by atoms with Gasteiger partial charge in [-0.3, -0.25) is 4.79 Å². The van der Waals surface area contributed by atoms with Crippen molar-refractivity contribution in [2.24, 2.45) is 0 Å². The quantitative estimate of drug-likeness (QED) is 0.603. The fourth-order valence-electron chi connectivity index (χ4n) is 3.57. The van der Waals surface area contributed by atoms with Gasteiger partial charge in [-0.15, -0.1) is 11.3 Å². The first-order valence-corrected chi connectivity index (χ1v) is 11.0. The predicted octanol–water partition coefficient (Wildman–Crippen LogP) is 3.33. The van der Waals surface area contributed by atoms with Crippen LogP contribution in [0.1, 0.15) is 38.1 Å². The number of hydrogen-bond acceptors (Lipinski definition) is 9. The highest BCUT2D eigenvalue weighted by Gasteiger charge is 2.31. The van der Waals surface area contributed by atoms with E-state index in [0.717, 1.165) is 10.4 Å². The Morgan fingerprint density at radius 1 is 1.06 bits per heavy atom. The number of anilines is 1. The minimum Gasteiger partial charge on any atom is -0.493 e. The number of hydrogen-bond donors (Lipinski definition) is 1. The molecule has 0 aliphatic carbocycles. The normalized spacial score (nSPS) is 12.5. The molecule has 0 fully saturated rings. The third-order valence-electron chi connectivity index (χ3n) is 5.13. The Balaban J connectivity index is 1.95. The van der Waals surface area contributed by atoms with Crippen molar-refractivity contribution in [1.29, 1.82) is 0 Å². The van der Waals surface area contributed by atoms with Crippen LogP contribution in [0.2, 0.25) is 0 Å². The molecule has 1 aromatic heterocycles. The number of fused-ring (bicyclic) bond motifs is 1. The van der Waals surface area contributed by atoms with Crippen LogP contribution in [-0.2, 0) is 22.4 Å². The third kappa shape index (κ3) is 4.82. The van der Waals surface area contributed by atoms with Crippen LogP contribution < -0.4 is 19.5 Å². The number of methoxy groups -OCH3 is 4. The Kier molecular flexibility index (Phi) is 7.64. The van der Waals surface area contributed by atoms with Gasteiger partial charge in [-0.25, -0.2) is 9.59 Å². The standard InChI is InChI=1S/C22H26N2O8S/c1-6-32-22(27)24-8-7-13-16(11-24)33-20(17(13)21(26)31-5)23-19(25)12-9-14(28-2)18(30-4)15(10-12)29-3/h9-10H,6-8,11H2,1-5H3,(H,23,25). The van der Waals surface area contributed by atoms with Gasteiger partial charge in [0, 0.05) is 17.0 Å². The molecule has 0 atom stereocenters. The number of rotatable bonds is 7. The smallest absolute Gasteiger partial charge is 0.410 e. The number of carbonyl (C=O) groups excluding carboxylic acids is 3. The second-order valence-corrected chi connectivity index (χ2v) is 8.04. The molecular weight excluding hydrogens is 452 g/mol. The van der Waals surface area contributed by atoms with E-state index >= 15 is 0 Å². The zero-order valence-electron chi connectivity index (χ0n) is 19.1. The number of esters is 1. The summed E-state index contributed by atoms with van der Waals surface area (Å²) in [5, 5.41) is 3.14. The van der Waals surface area contributed by atoms with E-state index < -0.39 is 18.0 Å². The van der Waals surface area contributed by atoms with E-state index in [1.165, 1.54) is 51.9 Å². The van der Waals surface area contributed by atoms with Gasteiger partial charge in [0.1, 0.15) is 5.00 Å². The minimum absolute atomic E-state index is 0.250. The van der Waals surface area contributed by atoms with Crippen LogP contribution in [-0.4, -0.2) is 64.5 Å². The fourth-order valence-corrected chi connectivity index (χ4v) is 4.81. The number of nitrogens with zero attached hydrogens (tertiary/aromatic N) is 1. The molecule has 2 aromatic rings. The highest BCUT2D eigenvalue weighted by atomic mass is 32.1. The number of carbonyl (C=O) groups is 3. The first-order valence-electron chi connectivity index (χ1n) is 10.1. The first-order chi connectivity index (χ1) is 15.9. The molecular formula is C22H26N2O8S. The van der Waals surface area contributed by atoms with Crippen molar-refractivity contribution in [2.45, 2.75) is 19.9 Å². The summed E-state index contributed by atoms with van der Waals surface area (Å²) in [5.74, 6) is -0.0218. The molecule has 1 aliphatic heterocycles. The van der Waals surface area contributed by atoms with Gasteiger partial charge in [-0.2, -0.15) is 0 Å². The molecule has 178 valence electrons. The largest absolute Gasteiger partial charge is 0.493 e.